The molecule has 1 saturated heterocycles. The number of aliphatic hydroxyl groups excluding tert-OH is 1. The Morgan fingerprint density at radius 3 is 2.89 bits per heavy atom. The standard InChI is InChI=1S/C11H17NO3S3/c13-7-10-5-11(8-17-10)18(14,15)12-6-9-3-1-2-4-16-9/h5,8-9,12-13H,1-4,6-7H2. The highest BCUT2D eigenvalue weighted by Gasteiger charge is 2.20. The lowest BCUT2D eigenvalue weighted by molar-refractivity contribution is 0.285. The van der Waals surface area contributed by atoms with Crippen LogP contribution in [-0.4, -0.2) is 31.1 Å². The van der Waals surface area contributed by atoms with Crippen LogP contribution < -0.4 is 4.72 Å². The summed E-state index contributed by atoms with van der Waals surface area (Å²) in [6, 6.07) is 1.53. The molecule has 18 heavy (non-hydrogen) atoms. The number of nitrogens with one attached hydrogen (secondary N) is 1. The van der Waals surface area contributed by atoms with Crippen LogP contribution in [0.5, 0.6) is 0 Å². The lowest BCUT2D eigenvalue weighted by Crippen LogP contribution is -2.31. The van der Waals surface area contributed by atoms with Crippen LogP contribution in [0.1, 0.15) is 24.1 Å². The second-order valence-corrected chi connectivity index (χ2v) is 8.42. The van der Waals surface area contributed by atoms with Crippen molar-refractivity contribution in [3.63, 3.8) is 0 Å². The van der Waals surface area contributed by atoms with Crippen LogP contribution in [0, 0.1) is 0 Å². The van der Waals surface area contributed by atoms with E-state index in [4.69, 9.17) is 5.11 Å². The Labute approximate surface area is 116 Å². The fourth-order valence-electron chi connectivity index (χ4n) is 1.84. The molecular weight excluding hydrogens is 290 g/mol. The Morgan fingerprint density at radius 1 is 1.44 bits per heavy atom. The number of rotatable bonds is 5. The summed E-state index contributed by atoms with van der Waals surface area (Å²) >= 11 is 3.11. The van der Waals surface area contributed by atoms with Gasteiger partial charge in [0.05, 0.1) is 11.5 Å². The van der Waals surface area contributed by atoms with Crippen LogP contribution in [0.4, 0.5) is 0 Å². The molecule has 2 N–H and O–H groups in total. The van der Waals surface area contributed by atoms with Gasteiger partial charge in [-0.3, -0.25) is 0 Å². The van der Waals surface area contributed by atoms with Gasteiger partial charge in [0, 0.05) is 22.1 Å². The molecule has 0 radical (unpaired) electrons. The largest absolute Gasteiger partial charge is 0.391 e. The number of thioether (sulfide) groups is 1. The van der Waals surface area contributed by atoms with Crippen molar-refractivity contribution >= 4 is 33.1 Å². The van der Waals surface area contributed by atoms with E-state index in [0.717, 1.165) is 12.2 Å². The molecule has 1 atom stereocenters. The molecule has 2 heterocycles. The Morgan fingerprint density at radius 2 is 2.28 bits per heavy atom. The SMILES string of the molecule is O=S(=O)(NCC1CCCCS1)c1csc(CO)c1. The first-order chi connectivity index (χ1) is 8.62. The molecule has 1 aromatic rings. The first-order valence-corrected chi connectivity index (χ1v) is 9.32. The Hall–Kier alpha value is -0.0800. The molecule has 0 bridgehead atoms. The summed E-state index contributed by atoms with van der Waals surface area (Å²) in [7, 11) is -3.41. The monoisotopic (exact) mass is 307 g/mol. The van der Waals surface area contributed by atoms with E-state index in [1.54, 1.807) is 5.38 Å². The van der Waals surface area contributed by atoms with Crippen molar-refractivity contribution in [1.82, 2.24) is 4.72 Å². The van der Waals surface area contributed by atoms with Crippen LogP contribution in [0.25, 0.3) is 0 Å². The van der Waals surface area contributed by atoms with Crippen molar-refractivity contribution < 1.29 is 13.5 Å². The summed E-state index contributed by atoms with van der Waals surface area (Å²) in [6.45, 7) is 0.385. The molecule has 102 valence electrons. The summed E-state index contributed by atoms with van der Waals surface area (Å²) in [5.74, 6) is 1.12. The maximum Gasteiger partial charge on any atom is 0.241 e. The van der Waals surface area contributed by atoms with Crippen LogP contribution in [0.3, 0.4) is 0 Å². The van der Waals surface area contributed by atoms with Crippen molar-refractivity contribution in [3.8, 4) is 0 Å². The van der Waals surface area contributed by atoms with Gasteiger partial charge in [-0.05, 0) is 24.7 Å². The molecule has 7 heteroatoms. The van der Waals surface area contributed by atoms with Gasteiger partial charge in [0.25, 0.3) is 0 Å². The van der Waals surface area contributed by atoms with Gasteiger partial charge in [0.15, 0.2) is 0 Å². The molecule has 1 aliphatic heterocycles. The van der Waals surface area contributed by atoms with Crippen LogP contribution in [-0.2, 0) is 16.6 Å². The van der Waals surface area contributed by atoms with E-state index in [1.165, 1.54) is 30.2 Å². The summed E-state index contributed by atoms with van der Waals surface area (Å²) in [5.41, 5.74) is 0. The van der Waals surface area contributed by atoms with Gasteiger partial charge in [-0.2, -0.15) is 11.8 Å². The maximum absolute atomic E-state index is 12.0. The Balaban J connectivity index is 1.94. The van der Waals surface area contributed by atoms with E-state index >= 15 is 0 Å². The quantitative estimate of drug-likeness (QED) is 0.870. The minimum Gasteiger partial charge on any atom is -0.391 e. The van der Waals surface area contributed by atoms with Crippen LogP contribution >= 0.6 is 23.1 Å². The first-order valence-electron chi connectivity index (χ1n) is 5.91. The molecule has 0 spiro atoms. The predicted molar refractivity (Wildman–Crippen MR) is 75.5 cm³/mol. The van der Waals surface area contributed by atoms with E-state index in [2.05, 4.69) is 4.72 Å². The van der Waals surface area contributed by atoms with Crippen LogP contribution in [0.15, 0.2) is 16.3 Å². The van der Waals surface area contributed by atoms with Crippen molar-refractivity contribution in [2.75, 3.05) is 12.3 Å². The molecule has 0 aromatic carbocycles. The lowest BCUT2D eigenvalue weighted by Gasteiger charge is -2.21. The van der Waals surface area contributed by atoms with Crippen molar-refractivity contribution in [3.05, 3.63) is 16.3 Å². The molecule has 0 amide bonds. The van der Waals surface area contributed by atoms with Gasteiger partial charge in [0.2, 0.25) is 10.0 Å². The minimum atomic E-state index is -3.41. The number of hydrogen-bond acceptors (Lipinski definition) is 5. The summed E-state index contributed by atoms with van der Waals surface area (Å²) in [4.78, 5) is 0.930. The fourth-order valence-corrected chi connectivity index (χ4v) is 5.40. The highest BCUT2D eigenvalue weighted by atomic mass is 32.2. The van der Waals surface area contributed by atoms with Crippen molar-refractivity contribution in [1.29, 1.82) is 0 Å². The van der Waals surface area contributed by atoms with E-state index in [9.17, 15) is 8.42 Å². The van der Waals surface area contributed by atoms with Gasteiger partial charge in [-0.1, -0.05) is 6.42 Å². The topological polar surface area (TPSA) is 66.4 Å². The van der Waals surface area contributed by atoms with Gasteiger partial charge >= 0.3 is 0 Å². The zero-order valence-corrected chi connectivity index (χ0v) is 12.4. The highest BCUT2D eigenvalue weighted by Crippen LogP contribution is 2.25. The van der Waals surface area contributed by atoms with E-state index in [1.807, 2.05) is 11.8 Å². The molecular formula is C11H17NO3S3. The number of aliphatic hydroxyl groups is 1. The summed E-state index contributed by atoms with van der Waals surface area (Å²) in [6.07, 6.45) is 3.50. The zero-order valence-electron chi connectivity index (χ0n) is 9.96. The third-order valence-electron chi connectivity index (χ3n) is 2.87. The van der Waals surface area contributed by atoms with E-state index < -0.39 is 10.0 Å². The zero-order chi connectivity index (χ0) is 13.0. The van der Waals surface area contributed by atoms with Gasteiger partial charge in [-0.15, -0.1) is 11.3 Å². The Kier molecular flexibility index (Phi) is 5.08. The molecule has 2 rings (SSSR count). The van der Waals surface area contributed by atoms with Gasteiger partial charge in [-0.25, -0.2) is 13.1 Å². The molecule has 0 aliphatic carbocycles. The first kappa shape index (κ1) is 14.3. The highest BCUT2D eigenvalue weighted by molar-refractivity contribution is 8.00. The molecule has 4 nitrogen and oxygen atoms in total. The van der Waals surface area contributed by atoms with E-state index in [0.29, 0.717) is 16.7 Å². The summed E-state index contributed by atoms with van der Waals surface area (Å²) in [5, 5.41) is 10.9. The maximum atomic E-state index is 12.0. The van der Waals surface area contributed by atoms with E-state index in [-0.39, 0.29) is 11.5 Å². The molecule has 1 aliphatic rings. The normalized spacial score (nSPS) is 21.1. The average Bonchev–Trinajstić information content (AvgIpc) is 2.87. The third-order valence-corrected chi connectivity index (χ3v) is 6.74. The third kappa shape index (κ3) is 3.71. The Bertz CT molecular complexity index is 477. The summed E-state index contributed by atoms with van der Waals surface area (Å²) < 4.78 is 26.7. The average molecular weight is 307 g/mol. The van der Waals surface area contributed by atoms with Gasteiger partial charge < -0.3 is 5.11 Å². The van der Waals surface area contributed by atoms with Crippen molar-refractivity contribution in [2.45, 2.75) is 36.0 Å². The second-order valence-electron chi connectivity index (χ2n) is 4.25. The van der Waals surface area contributed by atoms with Crippen molar-refractivity contribution in [2.24, 2.45) is 0 Å². The fraction of sp³-hybridized carbons (Fsp3) is 0.636. The molecule has 0 saturated carbocycles. The van der Waals surface area contributed by atoms with Crippen LogP contribution in [0.2, 0.25) is 0 Å². The smallest absolute Gasteiger partial charge is 0.241 e. The molecule has 1 aromatic heterocycles. The minimum absolute atomic E-state index is 0.112. The number of thiophene rings is 1. The lowest BCUT2D eigenvalue weighted by atomic mass is 10.2. The second kappa shape index (κ2) is 6.38. The van der Waals surface area contributed by atoms with Gasteiger partial charge in [0.1, 0.15) is 0 Å². The molecule has 1 unspecified atom stereocenters. The predicted octanol–water partition coefficient (Wildman–Crippen LogP) is 1.80. The number of hydrogen-bond donors (Lipinski definition) is 2. The molecule has 1 fully saturated rings. The number of sulfonamides is 1.